The topological polar surface area (TPSA) is 80.3 Å². The van der Waals surface area contributed by atoms with Crippen molar-refractivity contribution < 1.29 is 33.3 Å². The number of ether oxygens (including phenoxy) is 5. The minimum absolute atomic E-state index is 0.339. The fourth-order valence-corrected chi connectivity index (χ4v) is 2.57. The third-order valence-corrected chi connectivity index (χ3v) is 3.40. The first-order valence-corrected chi connectivity index (χ1v) is 6.42. The molecular formula is C11H13ClO7. The van der Waals surface area contributed by atoms with Crippen LogP contribution >= 0.6 is 11.6 Å². The van der Waals surface area contributed by atoms with Crippen molar-refractivity contribution in [3.8, 4) is 0 Å². The lowest BCUT2D eigenvalue weighted by atomic mass is 10.1. The van der Waals surface area contributed by atoms with Gasteiger partial charge in [-0.1, -0.05) is 0 Å². The van der Waals surface area contributed by atoms with Gasteiger partial charge in [0.1, 0.15) is 12.0 Å². The SMILES string of the molecule is CC1(C)O[C@H]2OC3C(OC(=O)[C@@H]3OC(=O)CCl)[C@H]2O1. The van der Waals surface area contributed by atoms with Crippen LogP contribution < -0.4 is 0 Å². The highest BCUT2D eigenvalue weighted by molar-refractivity contribution is 6.26. The van der Waals surface area contributed by atoms with E-state index in [1.165, 1.54) is 0 Å². The number of halogens is 1. The summed E-state index contributed by atoms with van der Waals surface area (Å²) in [6.45, 7) is 3.48. The van der Waals surface area contributed by atoms with E-state index in [1.807, 2.05) is 0 Å². The second-order valence-electron chi connectivity index (χ2n) is 5.01. The van der Waals surface area contributed by atoms with E-state index < -0.39 is 48.4 Å². The van der Waals surface area contributed by atoms with E-state index in [9.17, 15) is 9.59 Å². The van der Waals surface area contributed by atoms with Crippen LogP contribution in [0.5, 0.6) is 0 Å². The van der Waals surface area contributed by atoms with Crippen LogP contribution in [-0.2, 0) is 33.3 Å². The molecule has 3 aliphatic heterocycles. The molecule has 0 aliphatic carbocycles. The van der Waals surface area contributed by atoms with Crippen molar-refractivity contribution in [1.29, 1.82) is 0 Å². The lowest BCUT2D eigenvalue weighted by Gasteiger charge is -2.21. The summed E-state index contributed by atoms with van der Waals surface area (Å²) in [6.07, 6.45) is -3.60. The second kappa shape index (κ2) is 4.31. The van der Waals surface area contributed by atoms with Gasteiger partial charge in [-0.25, -0.2) is 4.79 Å². The van der Waals surface area contributed by atoms with Gasteiger partial charge in [0.15, 0.2) is 24.3 Å². The van der Waals surface area contributed by atoms with Gasteiger partial charge in [0.25, 0.3) is 0 Å². The monoisotopic (exact) mass is 292 g/mol. The Balaban J connectivity index is 1.74. The number of esters is 2. The second-order valence-corrected chi connectivity index (χ2v) is 5.28. The molecule has 106 valence electrons. The number of fused-ring (bicyclic) bond motifs is 3. The minimum atomic E-state index is -1.11. The van der Waals surface area contributed by atoms with E-state index in [0.29, 0.717) is 0 Å². The molecule has 19 heavy (non-hydrogen) atoms. The Bertz CT molecular complexity index is 423. The maximum Gasteiger partial charge on any atom is 0.350 e. The van der Waals surface area contributed by atoms with Crippen LogP contribution in [0.25, 0.3) is 0 Å². The van der Waals surface area contributed by atoms with Gasteiger partial charge >= 0.3 is 11.9 Å². The zero-order valence-electron chi connectivity index (χ0n) is 10.3. The lowest BCUT2D eigenvalue weighted by Crippen LogP contribution is -2.37. The predicted molar refractivity (Wildman–Crippen MR) is 59.2 cm³/mol. The van der Waals surface area contributed by atoms with Crippen molar-refractivity contribution in [3.05, 3.63) is 0 Å². The zero-order chi connectivity index (χ0) is 13.8. The molecule has 3 rings (SSSR count). The largest absolute Gasteiger partial charge is 0.454 e. The van der Waals surface area contributed by atoms with E-state index in [4.69, 9.17) is 35.3 Å². The summed E-state index contributed by atoms with van der Waals surface area (Å²) in [4.78, 5) is 22.8. The van der Waals surface area contributed by atoms with Crippen molar-refractivity contribution in [3.63, 3.8) is 0 Å². The maximum atomic E-state index is 11.7. The molecule has 0 saturated carbocycles. The summed E-state index contributed by atoms with van der Waals surface area (Å²) in [5, 5.41) is 0. The smallest absolute Gasteiger partial charge is 0.350 e. The fourth-order valence-electron chi connectivity index (χ4n) is 2.51. The molecule has 0 aromatic rings. The predicted octanol–water partition coefficient (Wildman–Crippen LogP) is -0.0612. The third kappa shape index (κ3) is 2.10. The molecule has 8 heteroatoms. The molecule has 0 spiro atoms. The maximum absolute atomic E-state index is 11.7. The Morgan fingerprint density at radius 3 is 2.74 bits per heavy atom. The summed E-state index contributed by atoms with van der Waals surface area (Å²) in [7, 11) is 0. The van der Waals surface area contributed by atoms with E-state index in [0.717, 1.165) is 0 Å². The van der Waals surface area contributed by atoms with Crippen LogP contribution in [-0.4, -0.2) is 54.3 Å². The summed E-state index contributed by atoms with van der Waals surface area (Å²) in [6, 6.07) is 0. The number of alkyl halides is 1. The van der Waals surface area contributed by atoms with Gasteiger partial charge in [0.2, 0.25) is 6.10 Å². The fraction of sp³-hybridized carbons (Fsp3) is 0.818. The molecule has 3 saturated heterocycles. The van der Waals surface area contributed by atoms with Gasteiger partial charge in [-0.2, -0.15) is 0 Å². The van der Waals surface area contributed by atoms with E-state index in [1.54, 1.807) is 13.8 Å². The average Bonchev–Trinajstić information content (AvgIpc) is 2.88. The lowest BCUT2D eigenvalue weighted by molar-refractivity contribution is -0.216. The number of carbonyl (C=O) groups is 2. The normalized spacial score (nSPS) is 42.7. The molecule has 0 bridgehead atoms. The molecule has 2 unspecified atom stereocenters. The Labute approximate surface area is 114 Å². The van der Waals surface area contributed by atoms with Crippen LogP contribution in [0.2, 0.25) is 0 Å². The van der Waals surface area contributed by atoms with Crippen molar-refractivity contribution >= 4 is 23.5 Å². The number of hydrogen-bond acceptors (Lipinski definition) is 7. The van der Waals surface area contributed by atoms with Gasteiger partial charge in [-0.3, -0.25) is 4.79 Å². The minimum Gasteiger partial charge on any atom is -0.454 e. The average molecular weight is 293 g/mol. The Morgan fingerprint density at radius 1 is 1.32 bits per heavy atom. The van der Waals surface area contributed by atoms with Crippen LogP contribution in [0.15, 0.2) is 0 Å². The number of carbonyl (C=O) groups excluding carboxylic acids is 2. The van der Waals surface area contributed by atoms with Crippen molar-refractivity contribution in [2.75, 3.05) is 5.88 Å². The molecule has 0 amide bonds. The molecule has 0 aromatic carbocycles. The quantitative estimate of drug-likeness (QED) is 0.521. The number of hydrogen-bond donors (Lipinski definition) is 0. The first-order chi connectivity index (χ1) is 8.91. The Kier molecular flexibility index (Phi) is 2.97. The number of rotatable bonds is 2. The van der Waals surface area contributed by atoms with Gasteiger partial charge in [0.05, 0.1) is 0 Å². The van der Waals surface area contributed by atoms with Crippen molar-refractivity contribution in [1.82, 2.24) is 0 Å². The third-order valence-electron chi connectivity index (χ3n) is 3.18. The highest BCUT2D eigenvalue weighted by Crippen LogP contribution is 2.42. The Hall–Kier alpha value is -0.890. The summed E-state index contributed by atoms with van der Waals surface area (Å²) < 4.78 is 26.8. The summed E-state index contributed by atoms with van der Waals surface area (Å²) in [5.41, 5.74) is 0. The molecule has 0 N–H and O–H groups in total. The molecule has 0 aromatic heterocycles. The zero-order valence-corrected chi connectivity index (χ0v) is 11.1. The van der Waals surface area contributed by atoms with Gasteiger partial charge in [-0.15, -0.1) is 11.6 Å². The molecule has 5 atom stereocenters. The van der Waals surface area contributed by atoms with Gasteiger partial charge in [0, 0.05) is 0 Å². The molecule has 3 aliphatic rings. The van der Waals surface area contributed by atoms with E-state index in [-0.39, 0.29) is 5.88 Å². The Morgan fingerprint density at radius 2 is 2.05 bits per heavy atom. The van der Waals surface area contributed by atoms with Crippen LogP contribution in [0.1, 0.15) is 13.8 Å². The van der Waals surface area contributed by atoms with Crippen LogP contribution in [0, 0.1) is 0 Å². The molecule has 3 heterocycles. The standard InChI is InChI=1S/C11H13ClO7/c1-11(2)18-8-6-5(17-10(8)19-11)7(9(14)16-6)15-4(13)3-12/h5-8,10H,3H2,1-2H3/t5?,6?,7-,8-,10-/m1/s1. The molecule has 3 fully saturated rings. The van der Waals surface area contributed by atoms with Crippen LogP contribution in [0.3, 0.4) is 0 Å². The van der Waals surface area contributed by atoms with E-state index >= 15 is 0 Å². The van der Waals surface area contributed by atoms with E-state index in [2.05, 4.69) is 0 Å². The van der Waals surface area contributed by atoms with Crippen LogP contribution in [0.4, 0.5) is 0 Å². The first kappa shape index (κ1) is 13.1. The summed E-state index contributed by atoms with van der Waals surface area (Å²) >= 11 is 5.34. The van der Waals surface area contributed by atoms with Gasteiger partial charge < -0.3 is 23.7 Å². The molecular weight excluding hydrogens is 280 g/mol. The van der Waals surface area contributed by atoms with Crippen molar-refractivity contribution in [2.24, 2.45) is 0 Å². The highest BCUT2D eigenvalue weighted by Gasteiger charge is 2.64. The highest BCUT2D eigenvalue weighted by atomic mass is 35.5. The molecule has 7 nitrogen and oxygen atoms in total. The van der Waals surface area contributed by atoms with Gasteiger partial charge in [-0.05, 0) is 13.8 Å². The van der Waals surface area contributed by atoms with Crippen molar-refractivity contribution in [2.45, 2.75) is 50.3 Å². The molecule has 0 radical (unpaired) electrons. The summed E-state index contributed by atoms with van der Waals surface area (Å²) in [5.74, 6) is -2.49. The first-order valence-electron chi connectivity index (χ1n) is 5.88.